The lowest BCUT2D eigenvalue weighted by atomic mass is 10.1. The van der Waals surface area contributed by atoms with Crippen LogP contribution in [-0.2, 0) is 4.79 Å². The Hall–Kier alpha value is -1.92. The predicted molar refractivity (Wildman–Crippen MR) is 80.2 cm³/mol. The van der Waals surface area contributed by atoms with Gasteiger partial charge in [0, 0.05) is 26.3 Å². The van der Waals surface area contributed by atoms with Crippen LogP contribution >= 0.6 is 0 Å². The topological polar surface area (TPSA) is 78.1 Å². The number of hydrogen-bond donors (Lipinski definition) is 2. The summed E-state index contributed by atoms with van der Waals surface area (Å²) in [5.41, 5.74) is 1.33. The van der Waals surface area contributed by atoms with E-state index < -0.39 is 12.1 Å². The zero-order valence-corrected chi connectivity index (χ0v) is 12.8. The summed E-state index contributed by atoms with van der Waals surface area (Å²) in [6.07, 6.45) is 0.0346. The van der Waals surface area contributed by atoms with Crippen LogP contribution in [0, 0.1) is 5.92 Å². The molecule has 1 aromatic heterocycles. The van der Waals surface area contributed by atoms with Crippen LogP contribution in [0.5, 0.6) is 0 Å². The molecule has 122 valence electrons. The van der Waals surface area contributed by atoms with Gasteiger partial charge in [0.25, 0.3) is 5.91 Å². The van der Waals surface area contributed by atoms with Crippen molar-refractivity contribution in [2.75, 3.05) is 13.1 Å². The zero-order chi connectivity index (χ0) is 15.9. The number of halogens is 1. The third-order valence-corrected chi connectivity index (χ3v) is 4.31. The van der Waals surface area contributed by atoms with E-state index in [2.05, 4.69) is 15.5 Å². The van der Waals surface area contributed by atoms with Crippen molar-refractivity contribution < 1.29 is 15.4 Å². The number of rotatable bonds is 4. The van der Waals surface area contributed by atoms with Gasteiger partial charge in [0.1, 0.15) is 11.9 Å². The van der Waals surface area contributed by atoms with Crippen LogP contribution in [0.2, 0.25) is 0 Å². The molecule has 2 heterocycles. The van der Waals surface area contributed by atoms with Gasteiger partial charge in [-0.2, -0.15) is 5.10 Å². The second kappa shape index (κ2) is 5.70. The molecule has 7 heteroatoms. The molecule has 22 heavy (non-hydrogen) atoms. The molecule has 1 aliphatic carbocycles. The van der Waals surface area contributed by atoms with Gasteiger partial charge in [-0.25, -0.2) is 4.39 Å². The summed E-state index contributed by atoms with van der Waals surface area (Å²) in [5.74, 6) is -0.556. The molecule has 2 N–H and O–H groups in total. The van der Waals surface area contributed by atoms with Crippen molar-refractivity contribution in [3.8, 4) is 0 Å². The van der Waals surface area contributed by atoms with E-state index in [0.717, 1.165) is 5.69 Å². The molecule has 3 atom stereocenters. The van der Waals surface area contributed by atoms with Crippen LogP contribution in [-0.4, -0.2) is 52.2 Å². The number of nitrogens with zero attached hydrogens (tertiary/aromatic N) is 2. The fourth-order valence-electron chi connectivity index (χ4n) is 2.71. The van der Waals surface area contributed by atoms with Gasteiger partial charge >= 0.3 is 0 Å². The summed E-state index contributed by atoms with van der Waals surface area (Å²) in [6.45, 7) is 5.09. The Bertz CT molecular complexity index is 592. The molecular weight excluding hydrogens is 287 g/mol. The molecule has 0 spiro atoms. The maximum atomic E-state index is 12.9. The second-order valence-corrected chi connectivity index (χ2v) is 6.47. The Morgan fingerprint density at radius 3 is 2.86 bits per heavy atom. The van der Waals surface area contributed by atoms with Gasteiger partial charge in [-0.05, 0) is 24.8 Å². The van der Waals surface area contributed by atoms with Crippen LogP contribution in [0.3, 0.4) is 0 Å². The smallest absolute Gasteiger partial charge is 0.274 e. The van der Waals surface area contributed by atoms with Crippen LogP contribution in [0.25, 0.3) is 0 Å². The van der Waals surface area contributed by atoms with Gasteiger partial charge < -0.3 is 10.2 Å². The highest BCUT2D eigenvalue weighted by atomic mass is 19.1. The van der Waals surface area contributed by atoms with E-state index in [1.54, 1.807) is 11.0 Å². The Labute approximate surface area is 129 Å². The van der Waals surface area contributed by atoms with Crippen LogP contribution in [0.1, 0.15) is 50.2 Å². The minimum atomic E-state index is -0.988. The largest absolute Gasteiger partial charge is 0.351 e. The molecule has 2 aliphatic rings. The number of hydrogen-bond acceptors (Lipinski definition) is 3. The number of carbonyl (C=O) groups is 2. The third kappa shape index (κ3) is 2.98. The lowest BCUT2D eigenvalue weighted by Gasteiger charge is -2.15. The fourth-order valence-corrected chi connectivity index (χ4v) is 2.71. The number of nitrogens with one attached hydrogen (secondary N) is 2. The van der Waals surface area contributed by atoms with E-state index in [4.69, 9.17) is 0 Å². The standard InChI is InChI=1S/C15H21FN4O2.H2/c1-8(2)12-6-13(19-18-12)15(22)20-4-3-9(7-20)17-14(21)10-5-11(10)16;/h6,8-11H,3-5,7H2,1-2H3,(H,17,21)(H,18,19);1H/t9-,10-,11+;/m0./s1. The lowest BCUT2D eigenvalue weighted by molar-refractivity contribution is -0.123. The second-order valence-electron chi connectivity index (χ2n) is 6.47. The summed E-state index contributed by atoms with van der Waals surface area (Å²) in [5, 5.41) is 9.77. The Balaban J connectivity index is 0.00000192. The first-order chi connectivity index (χ1) is 10.5. The number of likely N-dealkylation sites (tertiary alicyclic amines) is 1. The van der Waals surface area contributed by atoms with Crippen LogP contribution in [0.4, 0.5) is 4.39 Å². The summed E-state index contributed by atoms with van der Waals surface area (Å²) in [7, 11) is 0. The maximum Gasteiger partial charge on any atom is 0.274 e. The number of aromatic amines is 1. The number of alkyl halides is 1. The van der Waals surface area contributed by atoms with E-state index in [0.29, 0.717) is 31.6 Å². The first-order valence-corrected chi connectivity index (χ1v) is 7.74. The van der Waals surface area contributed by atoms with Crippen molar-refractivity contribution in [3.63, 3.8) is 0 Å². The maximum absolute atomic E-state index is 12.9. The number of carbonyl (C=O) groups excluding carboxylic acids is 2. The van der Waals surface area contributed by atoms with E-state index in [1.807, 2.05) is 13.8 Å². The molecule has 0 bridgehead atoms. The number of H-pyrrole nitrogens is 1. The monoisotopic (exact) mass is 310 g/mol. The van der Waals surface area contributed by atoms with Crippen molar-refractivity contribution in [2.45, 2.75) is 44.8 Å². The lowest BCUT2D eigenvalue weighted by Crippen LogP contribution is -2.39. The quantitative estimate of drug-likeness (QED) is 0.884. The van der Waals surface area contributed by atoms with Gasteiger partial charge in [0.15, 0.2) is 0 Å². The van der Waals surface area contributed by atoms with Gasteiger partial charge in [-0.1, -0.05) is 13.8 Å². The highest BCUT2D eigenvalue weighted by Gasteiger charge is 2.44. The average Bonchev–Trinajstić information content (AvgIpc) is 2.93. The molecular formula is C15H23FN4O2. The highest BCUT2D eigenvalue weighted by molar-refractivity contribution is 5.92. The van der Waals surface area contributed by atoms with Crippen molar-refractivity contribution in [1.29, 1.82) is 0 Å². The molecule has 1 aromatic rings. The zero-order valence-electron chi connectivity index (χ0n) is 12.8. The highest BCUT2D eigenvalue weighted by Crippen LogP contribution is 2.34. The van der Waals surface area contributed by atoms with Gasteiger partial charge in [-0.15, -0.1) is 0 Å². The summed E-state index contributed by atoms with van der Waals surface area (Å²) in [4.78, 5) is 25.8. The molecule has 2 fully saturated rings. The molecule has 3 rings (SSSR count). The molecule has 0 radical (unpaired) electrons. The normalized spacial score (nSPS) is 27.3. The summed E-state index contributed by atoms with van der Waals surface area (Å²) >= 11 is 0. The first kappa shape index (κ1) is 15.0. The Morgan fingerprint density at radius 1 is 1.55 bits per heavy atom. The summed E-state index contributed by atoms with van der Waals surface area (Å²) in [6, 6.07) is 1.68. The molecule has 0 unspecified atom stereocenters. The SMILES string of the molecule is CC(C)c1cc(C(=O)N2CC[C@H](NC(=O)[C@H]3C[C@H]3F)C2)n[nH]1.[HH]. The van der Waals surface area contributed by atoms with Crippen LogP contribution in [0.15, 0.2) is 6.07 Å². The van der Waals surface area contributed by atoms with Crippen LogP contribution < -0.4 is 5.32 Å². The van der Waals surface area contributed by atoms with E-state index >= 15 is 0 Å². The number of aromatic nitrogens is 2. The molecule has 1 aliphatic heterocycles. The molecule has 2 amide bonds. The molecule has 6 nitrogen and oxygen atoms in total. The predicted octanol–water partition coefficient (Wildman–Crippen LogP) is 1.47. The fraction of sp³-hybridized carbons (Fsp3) is 0.667. The minimum Gasteiger partial charge on any atom is -0.351 e. The minimum absolute atomic E-state index is 0. The molecule has 1 saturated carbocycles. The van der Waals surface area contributed by atoms with Gasteiger partial charge in [-0.3, -0.25) is 14.7 Å². The van der Waals surface area contributed by atoms with Crippen molar-refractivity contribution in [1.82, 2.24) is 20.4 Å². The van der Waals surface area contributed by atoms with Gasteiger partial charge in [0.2, 0.25) is 5.91 Å². The first-order valence-electron chi connectivity index (χ1n) is 7.74. The number of amides is 2. The molecule has 0 aromatic carbocycles. The van der Waals surface area contributed by atoms with Crippen molar-refractivity contribution in [2.24, 2.45) is 5.92 Å². The average molecular weight is 310 g/mol. The third-order valence-electron chi connectivity index (χ3n) is 4.31. The van der Waals surface area contributed by atoms with E-state index in [9.17, 15) is 14.0 Å². The Kier molecular flexibility index (Phi) is 3.88. The van der Waals surface area contributed by atoms with Gasteiger partial charge in [0.05, 0.1) is 5.92 Å². The molecule has 1 saturated heterocycles. The van der Waals surface area contributed by atoms with E-state index in [-0.39, 0.29) is 25.2 Å². The van der Waals surface area contributed by atoms with E-state index in [1.165, 1.54) is 0 Å². The van der Waals surface area contributed by atoms with Crippen molar-refractivity contribution >= 4 is 11.8 Å². The van der Waals surface area contributed by atoms with Crippen molar-refractivity contribution in [3.05, 3.63) is 17.5 Å². The summed E-state index contributed by atoms with van der Waals surface area (Å²) < 4.78 is 12.9. The Morgan fingerprint density at radius 2 is 2.27 bits per heavy atom.